The van der Waals surface area contributed by atoms with Gasteiger partial charge in [-0.05, 0) is 40.8 Å². The van der Waals surface area contributed by atoms with Crippen LogP contribution in [0.15, 0.2) is 27.8 Å². The van der Waals surface area contributed by atoms with Crippen LogP contribution in [0, 0.1) is 9.39 Å². The number of anilines is 2. The second-order valence-electron chi connectivity index (χ2n) is 6.08. The molecule has 2 rings (SSSR count). The highest BCUT2D eigenvalue weighted by molar-refractivity contribution is 14.1. The molecule has 0 saturated carbocycles. The Morgan fingerprint density at radius 2 is 2.00 bits per heavy atom. The van der Waals surface area contributed by atoms with Crippen molar-refractivity contribution in [3.63, 3.8) is 0 Å². The van der Waals surface area contributed by atoms with E-state index in [9.17, 15) is 23.9 Å². The van der Waals surface area contributed by atoms with Crippen molar-refractivity contribution in [3.05, 3.63) is 54.0 Å². The number of carbonyl (C=O) groups excluding carboxylic acids is 1. The summed E-state index contributed by atoms with van der Waals surface area (Å²) in [5.74, 6) is -1.81. The van der Waals surface area contributed by atoms with Gasteiger partial charge >= 0.3 is 5.69 Å². The number of aliphatic hydroxyl groups is 2. The number of rotatable bonds is 8. The van der Waals surface area contributed by atoms with E-state index in [1.807, 2.05) is 28.1 Å². The fourth-order valence-electron chi connectivity index (χ4n) is 2.37. The van der Waals surface area contributed by atoms with E-state index in [1.54, 1.807) is 6.07 Å². The maximum Gasteiger partial charge on any atom is 0.332 e. The van der Waals surface area contributed by atoms with E-state index < -0.39 is 41.2 Å². The number of nitrogens with zero attached hydrogens (tertiary/aromatic N) is 2. The molecule has 1 amide bonds. The van der Waals surface area contributed by atoms with Gasteiger partial charge in [-0.1, -0.05) is 0 Å². The lowest BCUT2D eigenvalue weighted by Gasteiger charge is -2.17. The molecule has 0 radical (unpaired) electrons. The second-order valence-corrected chi connectivity index (χ2v) is 7.33. The van der Waals surface area contributed by atoms with E-state index in [4.69, 9.17) is 9.94 Å². The summed E-state index contributed by atoms with van der Waals surface area (Å²) < 4.78 is 16.6. The van der Waals surface area contributed by atoms with Gasteiger partial charge in [-0.3, -0.25) is 23.6 Å². The van der Waals surface area contributed by atoms with Gasteiger partial charge in [0.25, 0.3) is 11.5 Å². The molecule has 0 bridgehead atoms. The first kappa shape index (κ1) is 23.0. The summed E-state index contributed by atoms with van der Waals surface area (Å²) in [7, 11) is 2.53. The second kappa shape index (κ2) is 9.96. The Morgan fingerprint density at radius 3 is 2.62 bits per heavy atom. The van der Waals surface area contributed by atoms with Crippen LogP contribution in [0.3, 0.4) is 0 Å². The first-order valence-corrected chi connectivity index (χ1v) is 9.48. The SMILES string of the molecule is Cn1c(Nc2ccc(I)cc2F)c(C(=O)NOCCC(O)CO)c(=O)n(C)c1=O. The van der Waals surface area contributed by atoms with Crippen LogP contribution in [0.5, 0.6) is 0 Å². The molecule has 0 fully saturated rings. The summed E-state index contributed by atoms with van der Waals surface area (Å²) in [6.45, 7) is -0.595. The molecule has 0 aliphatic rings. The lowest BCUT2D eigenvalue weighted by molar-refractivity contribution is 0.00692. The first-order chi connectivity index (χ1) is 13.7. The van der Waals surface area contributed by atoms with Crippen LogP contribution in [0.4, 0.5) is 15.9 Å². The number of aliphatic hydroxyl groups excluding tert-OH is 2. The third-order valence-corrected chi connectivity index (χ3v) is 4.68. The molecule has 0 aliphatic carbocycles. The number of hydrogen-bond donors (Lipinski definition) is 4. The maximum atomic E-state index is 14.2. The van der Waals surface area contributed by atoms with Crippen molar-refractivity contribution in [2.45, 2.75) is 12.5 Å². The molecule has 0 aliphatic heterocycles. The monoisotopic (exact) mass is 522 g/mol. The van der Waals surface area contributed by atoms with E-state index in [0.717, 1.165) is 9.13 Å². The topological polar surface area (TPSA) is 135 Å². The molecule has 2 aromatic rings. The molecule has 0 saturated heterocycles. The Kier molecular flexibility index (Phi) is 7.89. The highest BCUT2D eigenvalue weighted by atomic mass is 127. The third kappa shape index (κ3) is 5.41. The molecule has 1 heterocycles. The fraction of sp³-hybridized carbons (Fsp3) is 0.353. The van der Waals surface area contributed by atoms with Gasteiger partial charge in [-0.2, -0.15) is 0 Å². The van der Waals surface area contributed by atoms with Crippen molar-refractivity contribution < 1.29 is 24.2 Å². The molecular formula is C17H20FIN4O6. The van der Waals surface area contributed by atoms with Crippen LogP contribution in [0.1, 0.15) is 16.8 Å². The van der Waals surface area contributed by atoms with Crippen LogP contribution < -0.4 is 22.0 Å². The highest BCUT2D eigenvalue weighted by Gasteiger charge is 2.23. The summed E-state index contributed by atoms with van der Waals surface area (Å²) >= 11 is 1.93. The van der Waals surface area contributed by atoms with Crippen molar-refractivity contribution in [1.82, 2.24) is 14.6 Å². The van der Waals surface area contributed by atoms with Gasteiger partial charge in [-0.15, -0.1) is 0 Å². The summed E-state index contributed by atoms with van der Waals surface area (Å²) in [4.78, 5) is 42.3. The van der Waals surface area contributed by atoms with Gasteiger partial charge in [0.1, 0.15) is 17.2 Å². The smallest absolute Gasteiger partial charge is 0.332 e. The van der Waals surface area contributed by atoms with E-state index in [-0.39, 0.29) is 24.5 Å². The average molecular weight is 522 g/mol. The van der Waals surface area contributed by atoms with Gasteiger partial charge in [0, 0.05) is 24.1 Å². The lowest BCUT2D eigenvalue weighted by Crippen LogP contribution is -2.43. The number of aromatic nitrogens is 2. The zero-order valence-electron chi connectivity index (χ0n) is 15.6. The molecule has 0 spiro atoms. The molecular weight excluding hydrogens is 502 g/mol. The van der Waals surface area contributed by atoms with Gasteiger partial charge in [0.15, 0.2) is 0 Å². The molecule has 10 nitrogen and oxygen atoms in total. The van der Waals surface area contributed by atoms with Crippen LogP contribution in [0.2, 0.25) is 0 Å². The summed E-state index contributed by atoms with van der Waals surface area (Å²) in [5, 5.41) is 20.6. The van der Waals surface area contributed by atoms with Crippen molar-refractivity contribution in [2.75, 3.05) is 18.5 Å². The van der Waals surface area contributed by atoms with E-state index in [2.05, 4.69) is 5.32 Å². The summed E-state index contributed by atoms with van der Waals surface area (Å²) in [6.07, 6.45) is -0.973. The van der Waals surface area contributed by atoms with Crippen molar-refractivity contribution in [3.8, 4) is 0 Å². The zero-order chi connectivity index (χ0) is 21.7. The summed E-state index contributed by atoms with van der Waals surface area (Å²) in [5.41, 5.74) is -0.0681. The fourth-order valence-corrected chi connectivity index (χ4v) is 2.82. The van der Waals surface area contributed by atoms with E-state index >= 15 is 0 Å². The van der Waals surface area contributed by atoms with Crippen LogP contribution >= 0.6 is 22.6 Å². The van der Waals surface area contributed by atoms with Gasteiger partial charge in [0.2, 0.25) is 0 Å². The van der Waals surface area contributed by atoms with Gasteiger partial charge in [-0.25, -0.2) is 14.7 Å². The Bertz CT molecular complexity index is 1020. The van der Waals surface area contributed by atoms with Crippen molar-refractivity contribution >= 4 is 40.0 Å². The molecule has 1 aromatic heterocycles. The van der Waals surface area contributed by atoms with Gasteiger partial charge in [0.05, 0.1) is 25.0 Å². The molecule has 12 heteroatoms. The highest BCUT2D eigenvalue weighted by Crippen LogP contribution is 2.22. The molecule has 1 atom stereocenters. The Balaban J connectivity index is 2.39. The third-order valence-electron chi connectivity index (χ3n) is 4.00. The zero-order valence-corrected chi connectivity index (χ0v) is 17.8. The number of hydrogen-bond acceptors (Lipinski definition) is 7. The van der Waals surface area contributed by atoms with E-state index in [0.29, 0.717) is 3.57 Å². The van der Waals surface area contributed by atoms with Crippen LogP contribution in [-0.2, 0) is 18.9 Å². The molecule has 1 unspecified atom stereocenters. The molecule has 29 heavy (non-hydrogen) atoms. The largest absolute Gasteiger partial charge is 0.394 e. The molecule has 4 N–H and O–H groups in total. The minimum Gasteiger partial charge on any atom is -0.394 e. The average Bonchev–Trinajstić information content (AvgIpc) is 2.69. The summed E-state index contributed by atoms with van der Waals surface area (Å²) in [6, 6.07) is 4.27. The predicted molar refractivity (Wildman–Crippen MR) is 110 cm³/mol. The normalized spacial score (nSPS) is 11.9. The van der Waals surface area contributed by atoms with Crippen molar-refractivity contribution in [2.24, 2.45) is 14.1 Å². The number of benzene rings is 1. The van der Waals surface area contributed by atoms with Crippen molar-refractivity contribution in [1.29, 1.82) is 0 Å². The van der Waals surface area contributed by atoms with E-state index in [1.165, 1.54) is 26.2 Å². The first-order valence-electron chi connectivity index (χ1n) is 8.40. The predicted octanol–water partition coefficient (Wildman–Crippen LogP) is -0.0240. The molecule has 1 aromatic carbocycles. The number of halogens is 2. The number of amides is 1. The standard InChI is InChI=1S/C17H20FIN4O6/c1-22-14(20-12-4-3-9(19)7-11(12)18)13(16(27)23(2)17(22)28)15(26)21-29-6-5-10(25)8-24/h3-4,7,10,20,24-25H,5-6,8H2,1-2H3,(H,21,26). The van der Waals surface area contributed by atoms with Crippen LogP contribution in [0.25, 0.3) is 0 Å². The van der Waals surface area contributed by atoms with Crippen LogP contribution in [-0.4, -0.2) is 44.6 Å². The Morgan fingerprint density at radius 1 is 1.31 bits per heavy atom. The number of nitrogens with one attached hydrogen (secondary N) is 2. The molecule has 158 valence electrons. The number of hydroxylamine groups is 1. The lowest BCUT2D eigenvalue weighted by atomic mass is 10.2. The number of carbonyl (C=O) groups is 1. The Labute approximate surface area is 178 Å². The minimum atomic E-state index is -1.02. The quantitative estimate of drug-likeness (QED) is 0.218. The van der Waals surface area contributed by atoms with Gasteiger partial charge < -0.3 is 15.5 Å². The Hall–Kier alpha value is -2.29. The maximum absolute atomic E-state index is 14.2. The minimum absolute atomic E-state index is 0.0327.